The molecule has 3 aliphatic heterocycles. The lowest BCUT2D eigenvalue weighted by Crippen LogP contribution is -2.58. The molecule has 3 N–H and O–H groups in total. The SMILES string of the molecule is O=C(CN1CC[C@@H]2NC(=O)[C@@H](Cc3ccccc3)NC(=O)C3(C/C=C/C[C@@H]2C1)CCOCC3)NCCOc1ccccc1. The summed E-state index contributed by atoms with van der Waals surface area (Å²) in [5.41, 5.74) is 0.422. The van der Waals surface area contributed by atoms with Gasteiger partial charge in [-0.1, -0.05) is 60.7 Å². The first-order valence-corrected chi connectivity index (χ1v) is 15.6. The maximum Gasteiger partial charge on any atom is 0.243 e. The molecule has 0 aliphatic carbocycles. The van der Waals surface area contributed by atoms with E-state index in [0.29, 0.717) is 71.7 Å². The van der Waals surface area contributed by atoms with Crippen molar-refractivity contribution in [1.82, 2.24) is 20.9 Å². The Morgan fingerprint density at radius 1 is 1.00 bits per heavy atom. The second kappa shape index (κ2) is 15.2. The minimum atomic E-state index is -0.666. The van der Waals surface area contributed by atoms with E-state index >= 15 is 0 Å². The van der Waals surface area contributed by atoms with E-state index in [4.69, 9.17) is 9.47 Å². The van der Waals surface area contributed by atoms with Gasteiger partial charge >= 0.3 is 0 Å². The van der Waals surface area contributed by atoms with Gasteiger partial charge in [0.1, 0.15) is 18.4 Å². The smallest absolute Gasteiger partial charge is 0.243 e. The molecule has 2 aromatic carbocycles. The number of fused-ring (bicyclic) bond motifs is 1. The van der Waals surface area contributed by atoms with Gasteiger partial charge < -0.3 is 25.4 Å². The van der Waals surface area contributed by atoms with Gasteiger partial charge in [-0.2, -0.15) is 0 Å². The van der Waals surface area contributed by atoms with Crippen molar-refractivity contribution in [3.05, 3.63) is 78.4 Å². The first-order valence-electron chi connectivity index (χ1n) is 15.6. The van der Waals surface area contributed by atoms with E-state index in [2.05, 4.69) is 33.0 Å². The number of piperidine rings is 1. The predicted molar refractivity (Wildman–Crippen MR) is 164 cm³/mol. The highest BCUT2D eigenvalue weighted by atomic mass is 16.5. The number of allylic oxidation sites excluding steroid dienone is 2. The van der Waals surface area contributed by atoms with Gasteiger partial charge in [-0.3, -0.25) is 19.3 Å². The summed E-state index contributed by atoms with van der Waals surface area (Å²) in [5.74, 6) is 0.688. The molecular weight excluding hydrogens is 544 g/mol. The monoisotopic (exact) mass is 588 g/mol. The first-order chi connectivity index (χ1) is 21.0. The molecule has 9 nitrogen and oxygen atoms in total. The third-order valence-corrected chi connectivity index (χ3v) is 8.90. The van der Waals surface area contributed by atoms with Crippen molar-refractivity contribution in [2.24, 2.45) is 11.3 Å². The Labute approximate surface area is 254 Å². The molecule has 230 valence electrons. The Morgan fingerprint density at radius 3 is 2.51 bits per heavy atom. The molecule has 0 unspecified atom stereocenters. The van der Waals surface area contributed by atoms with Crippen LogP contribution in [0.1, 0.15) is 37.7 Å². The number of rotatable bonds is 8. The molecule has 5 rings (SSSR count). The zero-order valence-corrected chi connectivity index (χ0v) is 24.8. The Morgan fingerprint density at radius 2 is 1.74 bits per heavy atom. The van der Waals surface area contributed by atoms with Crippen LogP contribution in [0.5, 0.6) is 5.75 Å². The highest BCUT2D eigenvalue weighted by Crippen LogP contribution is 2.36. The number of para-hydroxylation sites is 1. The van der Waals surface area contributed by atoms with Crippen LogP contribution in [0, 0.1) is 11.3 Å². The van der Waals surface area contributed by atoms with E-state index in [1.54, 1.807) is 0 Å². The van der Waals surface area contributed by atoms with Crippen LogP contribution in [0.15, 0.2) is 72.8 Å². The highest BCUT2D eigenvalue weighted by Gasteiger charge is 2.41. The van der Waals surface area contributed by atoms with Gasteiger partial charge in [0.2, 0.25) is 17.7 Å². The molecule has 3 heterocycles. The van der Waals surface area contributed by atoms with E-state index in [9.17, 15) is 14.4 Å². The van der Waals surface area contributed by atoms with Crippen molar-refractivity contribution in [3.63, 3.8) is 0 Å². The molecule has 0 aromatic heterocycles. The number of carbonyl (C=O) groups excluding carboxylic acids is 3. The third kappa shape index (κ3) is 8.67. The van der Waals surface area contributed by atoms with Gasteiger partial charge in [0, 0.05) is 38.8 Å². The molecule has 3 atom stereocenters. The number of likely N-dealkylation sites (tertiary alicyclic amines) is 1. The summed E-state index contributed by atoms with van der Waals surface area (Å²) in [7, 11) is 0. The zero-order chi connectivity index (χ0) is 29.9. The van der Waals surface area contributed by atoms with Crippen LogP contribution < -0.4 is 20.7 Å². The van der Waals surface area contributed by atoms with Gasteiger partial charge in [-0.15, -0.1) is 0 Å². The van der Waals surface area contributed by atoms with E-state index in [1.807, 2.05) is 60.7 Å². The van der Waals surface area contributed by atoms with Gasteiger partial charge in [0.15, 0.2) is 0 Å². The fourth-order valence-electron chi connectivity index (χ4n) is 6.33. The minimum Gasteiger partial charge on any atom is -0.492 e. The molecule has 43 heavy (non-hydrogen) atoms. The average Bonchev–Trinajstić information content (AvgIpc) is 3.03. The largest absolute Gasteiger partial charge is 0.492 e. The number of nitrogens with zero attached hydrogens (tertiary/aromatic N) is 1. The van der Waals surface area contributed by atoms with Crippen molar-refractivity contribution in [2.45, 2.75) is 50.6 Å². The van der Waals surface area contributed by atoms with E-state index in [0.717, 1.165) is 24.2 Å². The van der Waals surface area contributed by atoms with E-state index in [-0.39, 0.29) is 29.7 Å². The lowest BCUT2D eigenvalue weighted by molar-refractivity contribution is -0.140. The summed E-state index contributed by atoms with van der Waals surface area (Å²) < 4.78 is 11.3. The number of amides is 3. The zero-order valence-electron chi connectivity index (χ0n) is 24.8. The second-order valence-electron chi connectivity index (χ2n) is 11.9. The van der Waals surface area contributed by atoms with Crippen LogP contribution in [-0.4, -0.2) is 80.7 Å². The van der Waals surface area contributed by atoms with E-state index in [1.165, 1.54) is 0 Å². The van der Waals surface area contributed by atoms with Gasteiger partial charge in [0.25, 0.3) is 0 Å². The number of hydrogen-bond donors (Lipinski definition) is 3. The van der Waals surface area contributed by atoms with Crippen molar-refractivity contribution in [3.8, 4) is 5.75 Å². The molecule has 2 aromatic rings. The molecule has 2 fully saturated rings. The van der Waals surface area contributed by atoms with Crippen molar-refractivity contribution in [1.29, 1.82) is 0 Å². The fourth-order valence-corrected chi connectivity index (χ4v) is 6.33. The summed E-state index contributed by atoms with van der Waals surface area (Å²) >= 11 is 0. The number of ether oxygens (including phenoxy) is 2. The quantitative estimate of drug-likeness (QED) is 0.323. The predicted octanol–water partition coefficient (Wildman–Crippen LogP) is 2.86. The number of benzene rings is 2. The number of nitrogens with one attached hydrogen (secondary N) is 3. The number of carbonyl (C=O) groups is 3. The summed E-state index contributed by atoms with van der Waals surface area (Å²) in [4.78, 5) is 42.4. The summed E-state index contributed by atoms with van der Waals surface area (Å²) in [6.07, 6.45) is 8.11. The van der Waals surface area contributed by atoms with Crippen molar-refractivity contribution >= 4 is 17.7 Å². The molecule has 0 saturated carbocycles. The van der Waals surface area contributed by atoms with Crippen LogP contribution in [0.2, 0.25) is 0 Å². The normalized spacial score (nSPS) is 25.3. The van der Waals surface area contributed by atoms with Crippen LogP contribution in [-0.2, 0) is 25.5 Å². The minimum absolute atomic E-state index is 0.0325. The molecule has 0 radical (unpaired) electrons. The molecule has 0 bridgehead atoms. The molecule has 3 amide bonds. The summed E-state index contributed by atoms with van der Waals surface area (Å²) in [6.45, 7) is 3.64. The summed E-state index contributed by atoms with van der Waals surface area (Å²) in [5, 5.41) is 9.40. The second-order valence-corrected chi connectivity index (χ2v) is 11.9. The summed E-state index contributed by atoms with van der Waals surface area (Å²) in [6, 6.07) is 18.7. The lowest BCUT2D eigenvalue weighted by Gasteiger charge is -2.40. The Bertz CT molecular complexity index is 1230. The maximum absolute atomic E-state index is 13.8. The van der Waals surface area contributed by atoms with E-state index < -0.39 is 11.5 Å². The van der Waals surface area contributed by atoms with Gasteiger partial charge in [-0.25, -0.2) is 0 Å². The van der Waals surface area contributed by atoms with Gasteiger partial charge in [0.05, 0.1) is 18.5 Å². The highest BCUT2D eigenvalue weighted by molar-refractivity contribution is 5.90. The van der Waals surface area contributed by atoms with Crippen LogP contribution in [0.3, 0.4) is 0 Å². The maximum atomic E-state index is 13.8. The Kier molecular flexibility index (Phi) is 10.8. The van der Waals surface area contributed by atoms with Crippen LogP contribution >= 0.6 is 0 Å². The molecule has 3 aliphatic rings. The molecule has 1 spiro atoms. The Balaban J connectivity index is 1.22. The molecule has 2 saturated heterocycles. The Hall–Kier alpha value is -3.69. The lowest BCUT2D eigenvalue weighted by atomic mass is 9.75. The topological polar surface area (TPSA) is 109 Å². The third-order valence-electron chi connectivity index (χ3n) is 8.90. The van der Waals surface area contributed by atoms with Gasteiger partial charge in [-0.05, 0) is 55.7 Å². The van der Waals surface area contributed by atoms with Crippen molar-refractivity contribution < 1.29 is 23.9 Å². The first kappa shape index (κ1) is 30.8. The molecule has 9 heteroatoms. The molecular formula is C34H44N4O5. The fraction of sp³-hybridized carbons (Fsp3) is 0.500. The van der Waals surface area contributed by atoms with Crippen LogP contribution in [0.25, 0.3) is 0 Å². The number of hydrogen-bond acceptors (Lipinski definition) is 6. The van der Waals surface area contributed by atoms with Crippen molar-refractivity contribution in [2.75, 3.05) is 46.0 Å². The standard InChI is InChI=1S/C34H44N4O5/c39-31(35-18-22-43-28-12-5-2-6-13-28)25-38-19-14-29-27(24-38)11-7-8-15-34(16-20-42-21-17-34)33(41)37-30(32(40)36-29)23-26-9-3-1-4-10-26/h1-10,12-13,27,29-30H,11,14-25H2,(H,35,39)(H,36,40)(H,37,41)/b8-7+/t27-,29+,30-/m1/s1. The average molecular weight is 589 g/mol. The van der Waals surface area contributed by atoms with Crippen LogP contribution in [0.4, 0.5) is 0 Å².